The summed E-state index contributed by atoms with van der Waals surface area (Å²) in [5, 5.41) is 1.17. The van der Waals surface area contributed by atoms with Crippen LogP contribution in [-0.2, 0) is 9.59 Å². The minimum Gasteiger partial charge on any atom is -0.423 e. The Morgan fingerprint density at radius 3 is 2.16 bits per heavy atom. The Hall–Kier alpha value is -4.42. The van der Waals surface area contributed by atoms with Crippen LogP contribution >= 0.6 is 11.8 Å². The maximum Gasteiger partial charge on any atom is 0.335 e. The summed E-state index contributed by atoms with van der Waals surface area (Å²) in [5.74, 6) is -1.17. The van der Waals surface area contributed by atoms with Crippen molar-refractivity contribution < 1.29 is 23.9 Å². The predicted molar refractivity (Wildman–Crippen MR) is 145 cm³/mol. The second kappa shape index (κ2) is 9.91. The summed E-state index contributed by atoms with van der Waals surface area (Å²) in [6.07, 6.45) is 4.14. The lowest BCUT2D eigenvalue weighted by Crippen LogP contribution is -2.21. The zero-order valence-corrected chi connectivity index (χ0v) is 20.8. The number of rotatable bonds is 6. The molecular weight excluding hydrogens is 484 g/mol. The van der Waals surface area contributed by atoms with Crippen LogP contribution in [0.5, 0.6) is 11.5 Å². The molecule has 0 amide bonds. The normalized spacial score (nSPS) is 13.9. The van der Waals surface area contributed by atoms with Crippen LogP contribution in [-0.4, -0.2) is 24.0 Å². The van der Waals surface area contributed by atoms with Gasteiger partial charge < -0.3 is 9.47 Å². The zero-order chi connectivity index (χ0) is 26.1. The van der Waals surface area contributed by atoms with E-state index in [4.69, 9.17) is 9.47 Å². The van der Waals surface area contributed by atoms with Crippen LogP contribution in [0.4, 0.5) is 0 Å². The largest absolute Gasteiger partial charge is 0.423 e. The molecule has 0 fully saturated rings. The monoisotopic (exact) mass is 506 g/mol. The standard InChI is InChI=1S/C31H22O5S/c1-4-27(32)35-26-17-25(31(36-28(33)5-2)23-13-9-6-10-19(23)26)29-20-11-7-8-12-22(20)30(34)24-16-18(37-3)14-15-21(24)29/h4-17,29H,1-2H2,3H3. The van der Waals surface area contributed by atoms with Gasteiger partial charge in [0.05, 0.1) is 0 Å². The topological polar surface area (TPSA) is 69.7 Å². The molecular formula is C31H22O5S. The van der Waals surface area contributed by atoms with E-state index in [2.05, 4.69) is 13.2 Å². The molecule has 1 atom stereocenters. The molecule has 182 valence electrons. The van der Waals surface area contributed by atoms with E-state index in [0.717, 1.165) is 28.2 Å². The van der Waals surface area contributed by atoms with E-state index in [-0.39, 0.29) is 5.78 Å². The van der Waals surface area contributed by atoms with E-state index in [1.54, 1.807) is 42.1 Å². The van der Waals surface area contributed by atoms with Gasteiger partial charge in [0, 0.05) is 50.4 Å². The van der Waals surface area contributed by atoms with Crippen LogP contribution in [0.25, 0.3) is 10.8 Å². The van der Waals surface area contributed by atoms with Gasteiger partial charge in [-0.25, -0.2) is 9.59 Å². The molecule has 4 aromatic carbocycles. The summed E-state index contributed by atoms with van der Waals surface area (Å²) in [6.45, 7) is 7.05. The fourth-order valence-electron chi connectivity index (χ4n) is 4.76. The second-order valence-electron chi connectivity index (χ2n) is 8.39. The van der Waals surface area contributed by atoms with Crippen molar-refractivity contribution in [1.82, 2.24) is 0 Å². The average Bonchev–Trinajstić information content (AvgIpc) is 2.94. The van der Waals surface area contributed by atoms with E-state index in [1.807, 2.05) is 48.7 Å². The maximum absolute atomic E-state index is 13.5. The highest BCUT2D eigenvalue weighted by molar-refractivity contribution is 7.98. The minimum absolute atomic E-state index is 0.0681. The van der Waals surface area contributed by atoms with Gasteiger partial charge in [-0.15, -0.1) is 11.8 Å². The Morgan fingerprint density at radius 2 is 1.43 bits per heavy atom. The lowest BCUT2D eigenvalue weighted by molar-refractivity contribution is -0.130. The summed E-state index contributed by atoms with van der Waals surface area (Å²) in [6, 6.07) is 22.1. The van der Waals surface area contributed by atoms with Gasteiger partial charge in [0.2, 0.25) is 0 Å². The van der Waals surface area contributed by atoms with Crippen molar-refractivity contribution in [3.63, 3.8) is 0 Å². The molecule has 1 unspecified atom stereocenters. The fourth-order valence-corrected chi connectivity index (χ4v) is 5.19. The first kappa shape index (κ1) is 24.3. The van der Waals surface area contributed by atoms with Crippen LogP contribution in [0.1, 0.15) is 38.5 Å². The molecule has 0 spiro atoms. The summed E-state index contributed by atoms with van der Waals surface area (Å²) < 4.78 is 11.5. The van der Waals surface area contributed by atoms with E-state index in [0.29, 0.717) is 39.0 Å². The molecule has 0 N–H and O–H groups in total. The first-order chi connectivity index (χ1) is 18.0. The van der Waals surface area contributed by atoms with Crippen molar-refractivity contribution in [1.29, 1.82) is 0 Å². The number of ether oxygens (including phenoxy) is 2. The first-order valence-electron chi connectivity index (χ1n) is 11.5. The minimum atomic E-state index is -0.625. The molecule has 5 nitrogen and oxygen atoms in total. The van der Waals surface area contributed by atoms with Gasteiger partial charge in [0.25, 0.3) is 0 Å². The van der Waals surface area contributed by atoms with Crippen molar-refractivity contribution in [2.45, 2.75) is 10.8 Å². The highest BCUT2D eigenvalue weighted by Crippen LogP contribution is 2.48. The van der Waals surface area contributed by atoms with E-state index in [1.165, 1.54) is 0 Å². The van der Waals surface area contributed by atoms with Crippen molar-refractivity contribution in [3.8, 4) is 11.5 Å². The third-order valence-corrected chi connectivity index (χ3v) is 7.10. The smallest absolute Gasteiger partial charge is 0.335 e. The third kappa shape index (κ3) is 4.26. The molecule has 0 aliphatic heterocycles. The Bertz CT molecular complexity index is 1620. The SMILES string of the molecule is C=CC(=O)Oc1cc(C2c3ccccc3C(=O)c3cc(SC)ccc32)c(OC(=O)C=C)c2ccccc12. The maximum atomic E-state index is 13.5. The Labute approximate surface area is 218 Å². The highest BCUT2D eigenvalue weighted by atomic mass is 32.2. The van der Waals surface area contributed by atoms with Crippen LogP contribution in [0.15, 0.2) is 103 Å². The summed E-state index contributed by atoms with van der Waals surface area (Å²) >= 11 is 1.55. The summed E-state index contributed by atoms with van der Waals surface area (Å²) in [4.78, 5) is 39.2. The Kier molecular flexibility index (Phi) is 6.51. The van der Waals surface area contributed by atoms with Crippen molar-refractivity contribution in [3.05, 3.63) is 126 Å². The molecule has 1 aliphatic rings. The van der Waals surface area contributed by atoms with Crippen LogP contribution < -0.4 is 9.47 Å². The Morgan fingerprint density at radius 1 is 0.784 bits per heavy atom. The van der Waals surface area contributed by atoms with Gasteiger partial charge in [-0.05, 0) is 35.6 Å². The number of carbonyl (C=O) groups is 3. The van der Waals surface area contributed by atoms with Gasteiger partial charge in [-0.1, -0.05) is 67.8 Å². The van der Waals surface area contributed by atoms with Crippen LogP contribution in [0, 0.1) is 0 Å². The quantitative estimate of drug-likeness (QED) is 0.114. The molecule has 37 heavy (non-hydrogen) atoms. The fraction of sp³-hybridized carbons (Fsp3) is 0.0645. The second-order valence-corrected chi connectivity index (χ2v) is 9.27. The predicted octanol–water partition coefficient (Wildman–Crippen LogP) is 6.47. The van der Waals surface area contributed by atoms with Crippen molar-refractivity contribution in [2.24, 2.45) is 0 Å². The number of benzene rings is 4. The Balaban J connectivity index is 1.88. The lowest BCUT2D eigenvalue weighted by Gasteiger charge is -2.30. The number of esters is 2. The molecule has 0 saturated heterocycles. The number of fused-ring (bicyclic) bond motifs is 3. The van der Waals surface area contributed by atoms with Gasteiger partial charge in [-0.2, -0.15) is 0 Å². The number of thioether (sulfide) groups is 1. The van der Waals surface area contributed by atoms with Crippen LogP contribution in [0.2, 0.25) is 0 Å². The van der Waals surface area contributed by atoms with Gasteiger partial charge in [0.1, 0.15) is 11.5 Å². The number of hydrogen-bond acceptors (Lipinski definition) is 6. The van der Waals surface area contributed by atoms with Gasteiger partial charge in [-0.3, -0.25) is 4.79 Å². The van der Waals surface area contributed by atoms with E-state index < -0.39 is 17.9 Å². The lowest BCUT2D eigenvalue weighted by atomic mass is 9.73. The molecule has 5 rings (SSSR count). The van der Waals surface area contributed by atoms with E-state index >= 15 is 0 Å². The van der Waals surface area contributed by atoms with E-state index in [9.17, 15) is 14.4 Å². The number of hydrogen-bond donors (Lipinski definition) is 0. The molecule has 0 saturated carbocycles. The molecule has 0 aromatic heterocycles. The number of carbonyl (C=O) groups excluding carboxylic acids is 3. The zero-order valence-electron chi connectivity index (χ0n) is 20.0. The molecule has 0 radical (unpaired) electrons. The third-order valence-electron chi connectivity index (χ3n) is 6.38. The van der Waals surface area contributed by atoms with Gasteiger partial charge in [0.15, 0.2) is 5.78 Å². The van der Waals surface area contributed by atoms with Crippen molar-refractivity contribution >= 4 is 40.3 Å². The summed E-state index contributed by atoms with van der Waals surface area (Å²) in [5.41, 5.74) is 3.27. The molecule has 0 heterocycles. The van der Waals surface area contributed by atoms with Crippen molar-refractivity contribution in [2.75, 3.05) is 6.26 Å². The highest BCUT2D eigenvalue weighted by Gasteiger charge is 2.35. The first-order valence-corrected chi connectivity index (χ1v) is 12.7. The molecule has 4 aromatic rings. The van der Waals surface area contributed by atoms with Gasteiger partial charge >= 0.3 is 11.9 Å². The molecule has 1 aliphatic carbocycles. The average molecular weight is 507 g/mol. The molecule has 6 heteroatoms. The van der Waals surface area contributed by atoms with Crippen LogP contribution in [0.3, 0.4) is 0 Å². The number of ketones is 1. The summed E-state index contributed by atoms with van der Waals surface area (Å²) in [7, 11) is 0. The molecule has 0 bridgehead atoms.